The van der Waals surface area contributed by atoms with Crippen LogP contribution in [0.1, 0.15) is 5.56 Å². The van der Waals surface area contributed by atoms with Gasteiger partial charge in [-0.15, -0.1) is 0 Å². The van der Waals surface area contributed by atoms with E-state index in [0.717, 1.165) is 16.9 Å². The third-order valence-corrected chi connectivity index (χ3v) is 8.70. The van der Waals surface area contributed by atoms with Gasteiger partial charge in [-0.3, -0.25) is 0 Å². The predicted octanol–water partition coefficient (Wildman–Crippen LogP) is 1.43. The quantitative estimate of drug-likeness (QED) is 0.744. The van der Waals surface area contributed by atoms with Crippen LogP contribution in [-0.2, 0) is 9.84 Å². The minimum absolute atomic E-state index is 0.0187. The third-order valence-electron chi connectivity index (χ3n) is 3.03. The fraction of sp³-hybridized carbons (Fsp3) is 0.308. The van der Waals surface area contributed by atoms with Gasteiger partial charge in [-0.05, 0) is 0 Å². The first-order chi connectivity index (χ1) is 10.1. The van der Waals surface area contributed by atoms with Crippen molar-refractivity contribution in [2.45, 2.75) is 10.7 Å². The van der Waals surface area contributed by atoms with Gasteiger partial charge in [0.2, 0.25) is 0 Å². The summed E-state index contributed by atoms with van der Waals surface area (Å²) in [4.78, 5) is 4.23. The van der Waals surface area contributed by atoms with E-state index in [-0.39, 0.29) is 5.75 Å². The second kappa shape index (κ2) is 6.04. The average Bonchev–Trinajstić information content (AvgIpc) is 3.10. The Hall–Kier alpha value is -0.951. The van der Waals surface area contributed by atoms with Crippen LogP contribution in [0, 0.1) is 6.92 Å². The molecule has 1 aromatic heterocycles. The number of nitrogens with zero attached hydrogens (tertiary/aromatic N) is 3. The SMILES string of the molecule is Cc1ccc(-c2nn[se]c2S(=O)(=O)CC2=NCCS2)cc1. The second-order valence-corrected chi connectivity index (χ2v) is 9.92. The molecule has 0 unspecified atom stereocenters. The molecule has 1 aromatic carbocycles. The maximum atomic E-state index is 12.6. The first kappa shape index (κ1) is 15.0. The molecule has 0 saturated carbocycles. The molecule has 2 heterocycles. The molecule has 0 N–H and O–H groups in total. The number of hydrogen-bond donors (Lipinski definition) is 0. The van der Waals surface area contributed by atoms with E-state index in [1.165, 1.54) is 11.8 Å². The Labute approximate surface area is 133 Å². The number of sulfone groups is 1. The van der Waals surface area contributed by atoms with Gasteiger partial charge in [0.1, 0.15) is 0 Å². The van der Waals surface area contributed by atoms with Gasteiger partial charge < -0.3 is 0 Å². The van der Waals surface area contributed by atoms with Gasteiger partial charge in [0.25, 0.3) is 0 Å². The van der Waals surface area contributed by atoms with Crippen molar-refractivity contribution in [3.8, 4) is 11.3 Å². The Balaban J connectivity index is 1.96. The Bertz CT molecular complexity index is 782. The summed E-state index contributed by atoms with van der Waals surface area (Å²) in [7, 11) is -3.38. The zero-order valence-corrected chi connectivity index (χ0v) is 14.7. The molecule has 110 valence electrons. The van der Waals surface area contributed by atoms with Gasteiger partial charge in [-0.1, -0.05) is 0 Å². The van der Waals surface area contributed by atoms with Crippen LogP contribution < -0.4 is 0 Å². The topological polar surface area (TPSA) is 72.3 Å². The predicted molar refractivity (Wildman–Crippen MR) is 86.0 cm³/mol. The first-order valence-corrected chi connectivity index (χ1v) is 10.6. The summed E-state index contributed by atoms with van der Waals surface area (Å²) in [5.74, 6) is 0.851. The van der Waals surface area contributed by atoms with Crippen molar-refractivity contribution >= 4 is 41.4 Å². The van der Waals surface area contributed by atoms with Gasteiger partial charge in [-0.25, -0.2) is 0 Å². The monoisotopic (exact) mass is 387 g/mol. The molecule has 0 amide bonds. The van der Waals surface area contributed by atoms with E-state index in [1.807, 2.05) is 31.2 Å². The first-order valence-electron chi connectivity index (χ1n) is 6.34. The number of benzene rings is 1. The van der Waals surface area contributed by atoms with E-state index < -0.39 is 24.6 Å². The zero-order valence-electron chi connectivity index (χ0n) is 11.3. The van der Waals surface area contributed by atoms with Crippen LogP contribution in [0.15, 0.2) is 33.0 Å². The van der Waals surface area contributed by atoms with Gasteiger partial charge in [0, 0.05) is 0 Å². The fourth-order valence-corrected chi connectivity index (χ4v) is 6.67. The van der Waals surface area contributed by atoms with Crippen molar-refractivity contribution in [1.82, 2.24) is 9.19 Å². The van der Waals surface area contributed by atoms with Crippen LogP contribution in [0.2, 0.25) is 0 Å². The number of thioether (sulfide) groups is 1. The summed E-state index contributed by atoms with van der Waals surface area (Å²) >= 11 is 1.05. The van der Waals surface area contributed by atoms with E-state index in [0.29, 0.717) is 21.1 Å². The van der Waals surface area contributed by atoms with Crippen LogP contribution in [0.3, 0.4) is 0 Å². The molecule has 0 bridgehead atoms. The molecule has 0 atom stereocenters. The summed E-state index contributed by atoms with van der Waals surface area (Å²) in [6, 6.07) is 7.68. The Kier molecular flexibility index (Phi) is 4.31. The van der Waals surface area contributed by atoms with E-state index in [2.05, 4.69) is 14.2 Å². The molecule has 8 heteroatoms. The molecule has 21 heavy (non-hydrogen) atoms. The number of aryl methyl sites for hydroxylation is 1. The number of hydrogen-bond acceptors (Lipinski definition) is 6. The molecule has 0 saturated heterocycles. The molecule has 2 aromatic rings. The van der Waals surface area contributed by atoms with Crippen molar-refractivity contribution in [2.24, 2.45) is 4.99 Å². The molecule has 3 rings (SSSR count). The average molecular weight is 386 g/mol. The van der Waals surface area contributed by atoms with Gasteiger partial charge in [0.05, 0.1) is 0 Å². The van der Waals surface area contributed by atoms with Gasteiger partial charge in [0.15, 0.2) is 0 Å². The third kappa shape index (κ3) is 3.29. The van der Waals surface area contributed by atoms with E-state index in [9.17, 15) is 8.42 Å². The Morgan fingerprint density at radius 3 is 2.71 bits per heavy atom. The van der Waals surface area contributed by atoms with Crippen LogP contribution in [0.5, 0.6) is 0 Å². The molecule has 5 nitrogen and oxygen atoms in total. The summed E-state index contributed by atoms with van der Waals surface area (Å²) in [6.07, 6.45) is 0. The zero-order chi connectivity index (χ0) is 14.9. The summed E-state index contributed by atoms with van der Waals surface area (Å²) < 4.78 is 29.5. The van der Waals surface area contributed by atoms with Crippen molar-refractivity contribution in [2.75, 3.05) is 18.1 Å². The molecule has 1 aliphatic rings. The normalized spacial score (nSPS) is 15.2. The summed E-state index contributed by atoms with van der Waals surface area (Å²) in [5, 5.41) is 4.77. The summed E-state index contributed by atoms with van der Waals surface area (Å²) in [6.45, 7) is 2.70. The van der Waals surface area contributed by atoms with Gasteiger partial charge >= 0.3 is 134 Å². The van der Waals surface area contributed by atoms with Crippen LogP contribution >= 0.6 is 11.8 Å². The van der Waals surface area contributed by atoms with Crippen LogP contribution in [0.25, 0.3) is 11.3 Å². The van der Waals surface area contributed by atoms with Gasteiger partial charge in [-0.2, -0.15) is 0 Å². The number of aromatic nitrogens is 2. The molecule has 1 aliphatic heterocycles. The minimum atomic E-state index is -3.38. The molecule has 0 radical (unpaired) electrons. The van der Waals surface area contributed by atoms with Crippen molar-refractivity contribution in [3.05, 3.63) is 29.8 Å². The molecule has 0 fully saturated rings. The van der Waals surface area contributed by atoms with Crippen molar-refractivity contribution < 1.29 is 8.42 Å². The Morgan fingerprint density at radius 2 is 2.05 bits per heavy atom. The van der Waals surface area contributed by atoms with Crippen LogP contribution in [0.4, 0.5) is 0 Å². The second-order valence-electron chi connectivity index (χ2n) is 4.66. The molecule has 0 spiro atoms. The van der Waals surface area contributed by atoms with Crippen LogP contribution in [-0.4, -0.2) is 55.4 Å². The van der Waals surface area contributed by atoms with E-state index in [4.69, 9.17) is 0 Å². The van der Waals surface area contributed by atoms with Crippen molar-refractivity contribution in [1.29, 1.82) is 0 Å². The standard InChI is InChI=1S/C13H13N3O2S2Se/c1-9-2-4-10(5-3-9)12-13(21-16-15-12)20(17,18)8-11-14-6-7-19-11/h2-5H,6-8H2,1H3. The number of aliphatic imine (C=N–C) groups is 1. The van der Waals surface area contributed by atoms with E-state index >= 15 is 0 Å². The molecule has 0 aliphatic carbocycles. The number of rotatable bonds is 4. The Morgan fingerprint density at radius 1 is 1.29 bits per heavy atom. The van der Waals surface area contributed by atoms with Crippen molar-refractivity contribution in [3.63, 3.8) is 0 Å². The fourth-order valence-electron chi connectivity index (χ4n) is 1.97. The maximum absolute atomic E-state index is 12.6. The molecular formula is C13H13N3O2S2Se. The van der Waals surface area contributed by atoms with E-state index in [1.54, 1.807) is 0 Å². The molecular weight excluding hydrogens is 373 g/mol. The summed E-state index contributed by atoms with van der Waals surface area (Å²) in [5.41, 5.74) is 2.43.